The molecule has 8 aromatic carbocycles. The number of phenolic OH excluding ortho intramolecular Hbond substituents is 2. The lowest BCUT2D eigenvalue weighted by Crippen LogP contribution is -2.33. The minimum absolute atomic E-state index is 0.143. The SMILES string of the molecule is CCCCCCCCc1ccc2c(OC(CCCCCCCC)C(=O)Nc3cc(O)c(NC(C)=O)cc3Oc3ccc(OC)cc3)cccc2c1.COc1ccc(Oc2cc(NC(C)=O)c(O)cc2NC(=O)C(C)Oc2cccc3ccccc23)cc1. The summed E-state index contributed by atoms with van der Waals surface area (Å²) in [6.07, 6.45) is 14.0. The number of carbonyl (C=O) groups is 4. The van der Waals surface area contributed by atoms with Crippen LogP contribution in [0, 0.1) is 0 Å². The van der Waals surface area contributed by atoms with Crippen molar-refractivity contribution in [3.8, 4) is 57.5 Å². The van der Waals surface area contributed by atoms with E-state index in [1.54, 1.807) is 75.7 Å². The van der Waals surface area contributed by atoms with Gasteiger partial charge >= 0.3 is 0 Å². The number of amides is 4. The number of anilines is 4. The highest BCUT2D eigenvalue weighted by atomic mass is 16.5. The number of methoxy groups -OCH3 is 2. The number of hydrogen-bond acceptors (Lipinski definition) is 12. The van der Waals surface area contributed by atoms with Crippen molar-refractivity contribution in [2.75, 3.05) is 35.5 Å². The van der Waals surface area contributed by atoms with E-state index < -0.39 is 18.1 Å². The molecule has 0 bridgehead atoms. The number of unbranched alkanes of at least 4 members (excludes halogenated alkanes) is 10. The van der Waals surface area contributed by atoms with Crippen molar-refractivity contribution in [3.63, 3.8) is 0 Å². The molecule has 0 aliphatic carbocycles. The molecule has 8 aromatic rings. The molecule has 458 valence electrons. The zero-order valence-electron chi connectivity index (χ0n) is 51.0. The van der Waals surface area contributed by atoms with Crippen molar-refractivity contribution in [3.05, 3.63) is 157 Å². The second-order valence-corrected chi connectivity index (χ2v) is 21.4. The summed E-state index contributed by atoms with van der Waals surface area (Å²) >= 11 is 0. The van der Waals surface area contributed by atoms with Crippen LogP contribution in [0.25, 0.3) is 21.5 Å². The zero-order chi connectivity index (χ0) is 62.1. The Labute approximate surface area is 510 Å². The van der Waals surface area contributed by atoms with Crippen LogP contribution < -0.4 is 49.7 Å². The van der Waals surface area contributed by atoms with Gasteiger partial charge in [0.05, 0.1) is 37.0 Å². The van der Waals surface area contributed by atoms with Crippen LogP contribution in [-0.4, -0.2) is 60.3 Å². The van der Waals surface area contributed by atoms with Gasteiger partial charge in [-0.2, -0.15) is 0 Å². The molecule has 87 heavy (non-hydrogen) atoms. The first-order valence-electron chi connectivity index (χ1n) is 30.0. The van der Waals surface area contributed by atoms with Crippen LogP contribution in [0.3, 0.4) is 0 Å². The van der Waals surface area contributed by atoms with Gasteiger partial charge in [-0.25, -0.2) is 0 Å². The number of fused-ring (bicyclic) bond motifs is 2. The summed E-state index contributed by atoms with van der Waals surface area (Å²) in [6.45, 7) is 8.75. The number of aryl methyl sites for hydroxylation is 1. The van der Waals surface area contributed by atoms with Crippen molar-refractivity contribution >= 4 is 67.9 Å². The summed E-state index contributed by atoms with van der Waals surface area (Å²) in [5.41, 5.74) is 2.06. The normalized spacial score (nSPS) is 11.5. The molecular formula is C71H82N4O12. The minimum Gasteiger partial charge on any atom is -0.506 e. The molecule has 0 aliphatic heterocycles. The monoisotopic (exact) mass is 1180 g/mol. The van der Waals surface area contributed by atoms with Gasteiger partial charge in [0.1, 0.15) is 46.0 Å². The number of carbonyl (C=O) groups excluding carboxylic acids is 4. The Hall–Kier alpha value is -9.44. The third kappa shape index (κ3) is 19.8. The largest absolute Gasteiger partial charge is 0.506 e. The first-order valence-corrected chi connectivity index (χ1v) is 30.0. The number of hydrogen-bond donors (Lipinski definition) is 6. The highest BCUT2D eigenvalue weighted by molar-refractivity contribution is 6.00. The lowest BCUT2D eigenvalue weighted by atomic mass is 10.0. The van der Waals surface area contributed by atoms with Gasteiger partial charge in [0, 0.05) is 48.9 Å². The second kappa shape index (κ2) is 33.3. The predicted octanol–water partition coefficient (Wildman–Crippen LogP) is 17.1. The summed E-state index contributed by atoms with van der Waals surface area (Å²) in [5, 5.41) is 36.1. The van der Waals surface area contributed by atoms with E-state index in [4.69, 9.17) is 28.4 Å². The lowest BCUT2D eigenvalue weighted by Gasteiger charge is -2.22. The molecule has 0 saturated heterocycles. The van der Waals surface area contributed by atoms with Crippen LogP contribution in [0.1, 0.15) is 124 Å². The van der Waals surface area contributed by atoms with E-state index in [9.17, 15) is 29.4 Å². The number of nitrogens with one attached hydrogen (secondary N) is 4. The quantitative estimate of drug-likeness (QED) is 0.0183. The van der Waals surface area contributed by atoms with Gasteiger partial charge in [0.2, 0.25) is 11.8 Å². The summed E-state index contributed by atoms with van der Waals surface area (Å²) in [7, 11) is 3.14. The fraction of sp³-hybridized carbons (Fsp3) is 0.324. The van der Waals surface area contributed by atoms with E-state index in [0.717, 1.165) is 47.2 Å². The average Bonchev–Trinajstić information content (AvgIpc) is 2.63. The molecule has 6 N–H and O–H groups in total. The molecule has 2 atom stereocenters. The van der Waals surface area contributed by atoms with E-state index in [0.29, 0.717) is 40.9 Å². The molecule has 0 radical (unpaired) electrons. The van der Waals surface area contributed by atoms with Crippen LogP contribution >= 0.6 is 0 Å². The van der Waals surface area contributed by atoms with Crippen LogP contribution in [0.4, 0.5) is 22.7 Å². The number of rotatable bonds is 30. The van der Waals surface area contributed by atoms with Crippen molar-refractivity contribution in [2.24, 2.45) is 0 Å². The number of phenols is 2. The molecule has 0 saturated carbocycles. The number of benzene rings is 8. The molecule has 16 heteroatoms. The van der Waals surface area contributed by atoms with E-state index in [1.165, 1.54) is 101 Å². The smallest absolute Gasteiger partial charge is 0.265 e. The Morgan fingerprint density at radius 3 is 1.44 bits per heavy atom. The maximum Gasteiger partial charge on any atom is 0.265 e. The van der Waals surface area contributed by atoms with Crippen molar-refractivity contribution in [2.45, 2.75) is 137 Å². The Morgan fingerprint density at radius 2 is 0.897 bits per heavy atom. The standard InChI is InChI=1S/C43H56N2O6.C28H26N2O6/c1-5-7-9-11-13-15-18-32-22-27-36-33(28-32)19-17-21-40(36)51-41(20-16-14-12-10-8-6-2)43(48)45-38-29-39(47)37(44-31(3)46)30-42(38)50-35-25-23-34(49-4)24-26-35;1-17(35-26-10-6-8-19-7-4-5-9-22(19)26)28(33)30-24-15-25(32)23(29-18(2)31)16-27(24)36-21-13-11-20(34-3)12-14-21/h17,19,21-30,41,47H,5-16,18,20H2,1-4H3,(H,44,46)(H,45,48);4-17,32H,1-3H3,(H,29,31)(H,30,33). The molecule has 0 spiro atoms. The van der Waals surface area contributed by atoms with E-state index in [-0.39, 0.29) is 63.5 Å². The average molecular weight is 1180 g/mol. The van der Waals surface area contributed by atoms with Gasteiger partial charge in [-0.3, -0.25) is 19.2 Å². The molecule has 0 aromatic heterocycles. The van der Waals surface area contributed by atoms with Crippen LogP contribution in [0.5, 0.6) is 57.5 Å². The summed E-state index contributed by atoms with van der Waals surface area (Å²) in [6, 6.07) is 45.3. The topological polar surface area (TPSA) is 212 Å². The predicted molar refractivity (Wildman–Crippen MR) is 346 cm³/mol. The third-order valence-corrected chi connectivity index (χ3v) is 14.4. The fourth-order valence-corrected chi connectivity index (χ4v) is 9.79. The van der Waals surface area contributed by atoms with E-state index >= 15 is 0 Å². The molecular weight excluding hydrogens is 1100 g/mol. The molecule has 2 unspecified atom stereocenters. The number of ether oxygens (including phenoxy) is 6. The van der Waals surface area contributed by atoms with Crippen LogP contribution in [0.15, 0.2) is 152 Å². The highest BCUT2D eigenvalue weighted by Gasteiger charge is 2.25. The molecule has 4 amide bonds. The molecule has 0 heterocycles. The maximum absolute atomic E-state index is 14.1. The first-order chi connectivity index (χ1) is 42.1. The van der Waals surface area contributed by atoms with Crippen molar-refractivity contribution < 1.29 is 57.8 Å². The second-order valence-electron chi connectivity index (χ2n) is 21.4. The third-order valence-electron chi connectivity index (χ3n) is 14.4. The van der Waals surface area contributed by atoms with Gasteiger partial charge in [-0.15, -0.1) is 0 Å². The van der Waals surface area contributed by atoms with Gasteiger partial charge in [0.25, 0.3) is 11.8 Å². The fourth-order valence-electron chi connectivity index (χ4n) is 9.79. The summed E-state index contributed by atoms with van der Waals surface area (Å²) < 4.78 is 35.1. The molecule has 0 aliphatic rings. The van der Waals surface area contributed by atoms with Gasteiger partial charge in [0.15, 0.2) is 23.7 Å². The van der Waals surface area contributed by atoms with Crippen molar-refractivity contribution in [1.82, 2.24) is 0 Å². The molecule has 16 nitrogen and oxygen atoms in total. The molecule has 0 fully saturated rings. The Morgan fingerprint density at radius 1 is 0.437 bits per heavy atom. The Balaban J connectivity index is 0.000000263. The van der Waals surface area contributed by atoms with Gasteiger partial charge in [-0.05, 0) is 110 Å². The number of aromatic hydroxyl groups is 2. The molecule has 8 rings (SSSR count). The van der Waals surface area contributed by atoms with Crippen LogP contribution in [0.2, 0.25) is 0 Å². The highest BCUT2D eigenvalue weighted by Crippen LogP contribution is 2.41. The summed E-state index contributed by atoms with van der Waals surface area (Å²) in [4.78, 5) is 50.6. The Kier molecular flexibility index (Phi) is 24.9. The van der Waals surface area contributed by atoms with Gasteiger partial charge in [-0.1, -0.05) is 145 Å². The van der Waals surface area contributed by atoms with E-state index in [2.05, 4.69) is 59.4 Å². The first kappa shape index (κ1) is 65.1. The zero-order valence-corrected chi connectivity index (χ0v) is 51.0. The van der Waals surface area contributed by atoms with Crippen molar-refractivity contribution in [1.29, 1.82) is 0 Å². The Bertz CT molecular complexity index is 3550. The minimum atomic E-state index is -0.859. The maximum atomic E-state index is 14.1. The lowest BCUT2D eigenvalue weighted by molar-refractivity contribution is -0.123. The van der Waals surface area contributed by atoms with Gasteiger partial charge < -0.3 is 59.9 Å². The van der Waals surface area contributed by atoms with E-state index in [1.807, 2.05) is 48.5 Å². The summed E-state index contributed by atoms with van der Waals surface area (Å²) in [5.74, 6) is 2.00. The van der Waals surface area contributed by atoms with Crippen LogP contribution in [-0.2, 0) is 25.6 Å².